The molecule has 0 aliphatic carbocycles. The average Bonchev–Trinajstić information content (AvgIpc) is 2.91. The lowest BCUT2D eigenvalue weighted by Gasteiger charge is -2.08. The van der Waals surface area contributed by atoms with E-state index in [0.29, 0.717) is 23.2 Å². The van der Waals surface area contributed by atoms with E-state index in [1.807, 2.05) is 0 Å². The molecule has 0 atom stereocenters. The van der Waals surface area contributed by atoms with Crippen LogP contribution in [-0.4, -0.2) is 14.9 Å². The number of nitro benzene ring substituents is 1. The monoisotopic (exact) mass is 291 g/mol. The normalized spacial score (nSPS) is 10.8. The third kappa shape index (κ3) is 2.27. The van der Waals surface area contributed by atoms with Gasteiger partial charge in [-0.2, -0.15) is 4.39 Å². The number of rotatable bonds is 3. The van der Waals surface area contributed by atoms with Crippen molar-refractivity contribution < 1.29 is 18.4 Å². The van der Waals surface area contributed by atoms with Crippen molar-refractivity contribution in [1.29, 1.82) is 0 Å². The largest absolute Gasteiger partial charge is 0.453 e. The number of nitrogens with zero attached hydrogens (tertiary/aromatic N) is 2. The van der Waals surface area contributed by atoms with Crippen molar-refractivity contribution in [3.8, 4) is 11.5 Å². The van der Waals surface area contributed by atoms with Gasteiger partial charge in [0.05, 0.1) is 16.4 Å². The second-order valence-corrected chi connectivity index (χ2v) is 4.14. The fourth-order valence-electron chi connectivity index (χ4n) is 1.88. The number of hydrogen-bond donors (Lipinski definition) is 1. The smallest absolute Gasteiger partial charge is 0.307 e. The predicted molar refractivity (Wildman–Crippen MR) is 69.2 cm³/mol. The second-order valence-electron chi connectivity index (χ2n) is 4.14. The highest BCUT2D eigenvalue weighted by atomic mass is 19.1. The molecule has 0 amide bonds. The van der Waals surface area contributed by atoms with Gasteiger partial charge in [-0.1, -0.05) is 0 Å². The van der Waals surface area contributed by atoms with E-state index in [2.05, 4.69) is 9.97 Å². The lowest BCUT2D eigenvalue weighted by atomic mass is 10.2. The van der Waals surface area contributed by atoms with Crippen LogP contribution in [0.4, 0.5) is 14.5 Å². The Morgan fingerprint density at radius 2 is 2.00 bits per heavy atom. The first-order valence-electron chi connectivity index (χ1n) is 5.79. The molecule has 3 rings (SSSR count). The molecule has 6 nitrogen and oxygen atoms in total. The number of nitrogens with one attached hydrogen (secondary N) is 1. The molecule has 21 heavy (non-hydrogen) atoms. The second kappa shape index (κ2) is 4.82. The third-order valence-electron chi connectivity index (χ3n) is 2.84. The van der Waals surface area contributed by atoms with Crippen LogP contribution in [0.2, 0.25) is 0 Å². The van der Waals surface area contributed by atoms with Gasteiger partial charge in [0.15, 0.2) is 11.6 Å². The number of aromatic amines is 1. The van der Waals surface area contributed by atoms with E-state index in [1.165, 1.54) is 12.3 Å². The quantitative estimate of drug-likeness (QED) is 0.591. The number of nitro groups is 1. The lowest BCUT2D eigenvalue weighted by molar-refractivity contribution is -0.387. The summed E-state index contributed by atoms with van der Waals surface area (Å²) in [6, 6.07) is 4.28. The highest BCUT2D eigenvalue weighted by Crippen LogP contribution is 2.32. The number of pyridine rings is 1. The fraction of sp³-hybridized carbons (Fsp3) is 0. The van der Waals surface area contributed by atoms with E-state index in [9.17, 15) is 18.9 Å². The molecule has 0 fully saturated rings. The molecule has 0 radical (unpaired) electrons. The van der Waals surface area contributed by atoms with Crippen LogP contribution in [0.3, 0.4) is 0 Å². The van der Waals surface area contributed by atoms with Crippen LogP contribution in [0.1, 0.15) is 0 Å². The Bertz CT molecular complexity index is 848. The Kier molecular flexibility index (Phi) is 2.98. The lowest BCUT2D eigenvalue weighted by Crippen LogP contribution is -1.96. The van der Waals surface area contributed by atoms with Crippen molar-refractivity contribution in [3.63, 3.8) is 0 Å². The fourth-order valence-corrected chi connectivity index (χ4v) is 1.88. The van der Waals surface area contributed by atoms with Crippen molar-refractivity contribution in [1.82, 2.24) is 9.97 Å². The van der Waals surface area contributed by atoms with E-state index in [4.69, 9.17) is 4.74 Å². The minimum absolute atomic E-state index is 0.258. The zero-order valence-corrected chi connectivity index (χ0v) is 10.3. The summed E-state index contributed by atoms with van der Waals surface area (Å²) < 4.78 is 32.6. The standard InChI is InChI=1S/C13H7F2N3O3/c14-8-6-12(9(15)5-10(8)18(19)20)21-11-2-4-17-13-7(11)1-3-16-13/h1-6H,(H,16,17). The van der Waals surface area contributed by atoms with Crippen LogP contribution in [0, 0.1) is 21.7 Å². The third-order valence-corrected chi connectivity index (χ3v) is 2.84. The highest BCUT2D eigenvalue weighted by molar-refractivity contribution is 5.82. The summed E-state index contributed by atoms with van der Waals surface area (Å²) in [6.07, 6.45) is 3.06. The first-order valence-corrected chi connectivity index (χ1v) is 5.79. The molecule has 3 aromatic rings. The average molecular weight is 291 g/mol. The first kappa shape index (κ1) is 13.0. The Balaban J connectivity index is 2.04. The van der Waals surface area contributed by atoms with Gasteiger partial charge in [-0.3, -0.25) is 10.1 Å². The molecule has 0 aliphatic rings. The number of hydrogen-bond acceptors (Lipinski definition) is 4. The number of fused-ring (bicyclic) bond motifs is 1. The van der Waals surface area contributed by atoms with E-state index < -0.39 is 28.0 Å². The molecule has 0 spiro atoms. The van der Waals surface area contributed by atoms with Crippen molar-refractivity contribution >= 4 is 16.7 Å². The molecule has 0 bridgehead atoms. The van der Waals surface area contributed by atoms with Gasteiger partial charge >= 0.3 is 5.69 Å². The zero-order valence-electron chi connectivity index (χ0n) is 10.3. The molecule has 1 aromatic carbocycles. The summed E-state index contributed by atoms with van der Waals surface area (Å²) in [5, 5.41) is 11.1. The molecule has 106 valence electrons. The van der Waals surface area contributed by atoms with Crippen molar-refractivity contribution in [2.45, 2.75) is 0 Å². The maximum atomic E-state index is 13.8. The van der Waals surface area contributed by atoms with Crippen LogP contribution in [0.15, 0.2) is 36.7 Å². The number of ether oxygens (including phenoxy) is 1. The number of halogens is 2. The van der Waals surface area contributed by atoms with Gasteiger partial charge in [0.25, 0.3) is 0 Å². The minimum atomic E-state index is -1.17. The van der Waals surface area contributed by atoms with E-state index in [1.54, 1.807) is 12.3 Å². The van der Waals surface area contributed by atoms with Crippen LogP contribution in [0.25, 0.3) is 11.0 Å². The SMILES string of the molecule is O=[N+]([O-])c1cc(F)c(Oc2ccnc3[nH]ccc23)cc1F. The van der Waals surface area contributed by atoms with Gasteiger partial charge in [-0.15, -0.1) is 0 Å². The van der Waals surface area contributed by atoms with Crippen molar-refractivity contribution in [2.75, 3.05) is 0 Å². The molecule has 8 heteroatoms. The molecular weight excluding hydrogens is 284 g/mol. The van der Waals surface area contributed by atoms with E-state index in [-0.39, 0.29) is 5.75 Å². The van der Waals surface area contributed by atoms with E-state index in [0.717, 1.165) is 0 Å². The summed E-state index contributed by atoms with van der Waals surface area (Å²) in [7, 11) is 0. The Morgan fingerprint density at radius 1 is 1.19 bits per heavy atom. The van der Waals surface area contributed by atoms with Gasteiger partial charge in [-0.05, 0) is 12.1 Å². The molecule has 0 saturated carbocycles. The van der Waals surface area contributed by atoms with Crippen LogP contribution >= 0.6 is 0 Å². The molecule has 0 unspecified atom stereocenters. The number of aromatic nitrogens is 2. The predicted octanol–water partition coefficient (Wildman–Crippen LogP) is 3.54. The van der Waals surface area contributed by atoms with Crippen LogP contribution < -0.4 is 4.74 Å². The molecule has 0 aliphatic heterocycles. The highest BCUT2D eigenvalue weighted by Gasteiger charge is 2.20. The summed E-state index contributed by atoms with van der Waals surface area (Å²) >= 11 is 0. The Morgan fingerprint density at radius 3 is 2.76 bits per heavy atom. The van der Waals surface area contributed by atoms with Crippen molar-refractivity contribution in [3.05, 3.63) is 58.4 Å². The first-order chi connectivity index (χ1) is 10.1. The van der Waals surface area contributed by atoms with E-state index >= 15 is 0 Å². The van der Waals surface area contributed by atoms with Gasteiger partial charge in [0.2, 0.25) is 5.82 Å². The molecule has 2 heterocycles. The Hall–Kier alpha value is -3.03. The van der Waals surface area contributed by atoms with Gasteiger partial charge in [-0.25, -0.2) is 9.37 Å². The zero-order chi connectivity index (χ0) is 15.0. The summed E-state index contributed by atoms with van der Waals surface area (Å²) in [5.74, 6) is -2.38. The topological polar surface area (TPSA) is 81.1 Å². The Labute approximate surface area is 116 Å². The molecule has 0 saturated heterocycles. The van der Waals surface area contributed by atoms with Gasteiger partial charge in [0.1, 0.15) is 11.4 Å². The van der Waals surface area contributed by atoms with Gasteiger partial charge in [0, 0.05) is 18.5 Å². The molecular formula is C13H7F2N3O3. The molecule has 2 aromatic heterocycles. The van der Waals surface area contributed by atoms with Crippen LogP contribution in [-0.2, 0) is 0 Å². The van der Waals surface area contributed by atoms with Crippen LogP contribution in [0.5, 0.6) is 11.5 Å². The summed E-state index contributed by atoms with van der Waals surface area (Å²) in [5.41, 5.74) is -0.420. The maximum absolute atomic E-state index is 13.8. The summed E-state index contributed by atoms with van der Waals surface area (Å²) in [6.45, 7) is 0. The maximum Gasteiger partial charge on any atom is 0.307 e. The summed E-state index contributed by atoms with van der Waals surface area (Å²) in [4.78, 5) is 16.4. The van der Waals surface area contributed by atoms with Crippen molar-refractivity contribution in [2.24, 2.45) is 0 Å². The number of benzene rings is 1. The van der Waals surface area contributed by atoms with Gasteiger partial charge < -0.3 is 9.72 Å². The number of H-pyrrole nitrogens is 1. The molecule has 1 N–H and O–H groups in total. The minimum Gasteiger partial charge on any atom is -0.453 e.